The summed E-state index contributed by atoms with van der Waals surface area (Å²) in [5, 5.41) is 12.5. The first kappa shape index (κ1) is 10.3. The van der Waals surface area contributed by atoms with E-state index in [0.717, 1.165) is 12.1 Å². The van der Waals surface area contributed by atoms with E-state index in [2.05, 4.69) is 11.4 Å². The molecule has 0 aliphatic carbocycles. The van der Waals surface area contributed by atoms with E-state index < -0.39 is 5.54 Å². The number of benzene rings is 1. The van der Waals surface area contributed by atoms with Crippen molar-refractivity contribution >= 4 is 17.7 Å². The molecule has 0 bridgehead atoms. The van der Waals surface area contributed by atoms with E-state index in [4.69, 9.17) is 4.18 Å². The molecule has 1 unspecified atom stereocenters. The maximum absolute atomic E-state index is 9.22. The molecule has 1 aliphatic rings. The Hall–Kier alpha value is -1.18. The third-order valence-electron chi connectivity index (χ3n) is 2.37. The lowest BCUT2D eigenvalue weighted by molar-refractivity contribution is 0.315. The summed E-state index contributed by atoms with van der Waals surface area (Å²) >= 11 is 1.36. The monoisotopic (exact) mass is 220 g/mol. The van der Waals surface area contributed by atoms with E-state index in [1.54, 1.807) is 0 Å². The predicted molar refractivity (Wildman–Crippen MR) is 61.4 cm³/mol. The maximum Gasteiger partial charge on any atom is 0.139 e. The van der Waals surface area contributed by atoms with Crippen molar-refractivity contribution in [3.05, 3.63) is 30.3 Å². The third-order valence-corrected chi connectivity index (χ3v) is 3.32. The molecule has 1 fully saturated rings. The summed E-state index contributed by atoms with van der Waals surface area (Å²) in [6.07, 6.45) is 0.728. The van der Waals surface area contributed by atoms with Crippen LogP contribution in [0.15, 0.2) is 30.3 Å². The summed E-state index contributed by atoms with van der Waals surface area (Å²) in [6.45, 7) is 0.623. The van der Waals surface area contributed by atoms with E-state index in [1.165, 1.54) is 12.0 Å². The minimum atomic E-state index is -0.482. The molecule has 0 radical (unpaired) electrons. The van der Waals surface area contributed by atoms with Gasteiger partial charge in [0.15, 0.2) is 0 Å². The number of anilines is 1. The highest BCUT2D eigenvalue weighted by atomic mass is 32.2. The number of para-hydroxylation sites is 1. The molecule has 1 atom stereocenters. The van der Waals surface area contributed by atoms with Crippen LogP contribution in [0.4, 0.5) is 5.69 Å². The smallest absolute Gasteiger partial charge is 0.139 e. The summed E-state index contributed by atoms with van der Waals surface area (Å²) < 4.78 is 5.19. The van der Waals surface area contributed by atoms with Gasteiger partial charge in [0.2, 0.25) is 0 Å². The average molecular weight is 220 g/mol. The van der Waals surface area contributed by atoms with E-state index >= 15 is 0 Å². The highest BCUT2D eigenvalue weighted by molar-refractivity contribution is 7.94. The zero-order valence-corrected chi connectivity index (χ0v) is 9.09. The first-order valence-corrected chi connectivity index (χ1v) is 5.75. The molecule has 1 heterocycles. The lowest BCUT2D eigenvalue weighted by atomic mass is 9.99. The third kappa shape index (κ3) is 2.44. The highest BCUT2D eigenvalue weighted by Crippen LogP contribution is 2.28. The number of nitrogens with zero attached hydrogens (tertiary/aromatic N) is 1. The van der Waals surface area contributed by atoms with Crippen molar-refractivity contribution in [2.24, 2.45) is 0 Å². The van der Waals surface area contributed by atoms with Crippen LogP contribution in [0.2, 0.25) is 0 Å². The van der Waals surface area contributed by atoms with Crippen LogP contribution in [0.3, 0.4) is 0 Å². The standard InChI is InChI=1S/C11H12N2OS/c12-8-11(6-7-14-15-9-11)13-10-4-2-1-3-5-10/h1-5,13H,6-7,9H2. The molecule has 1 saturated heterocycles. The Kier molecular flexibility index (Phi) is 3.14. The molecule has 2 rings (SSSR count). The van der Waals surface area contributed by atoms with Crippen LogP contribution in [-0.2, 0) is 4.18 Å². The fraction of sp³-hybridized carbons (Fsp3) is 0.364. The molecule has 15 heavy (non-hydrogen) atoms. The lowest BCUT2D eigenvalue weighted by Crippen LogP contribution is -2.42. The van der Waals surface area contributed by atoms with Gasteiger partial charge in [-0.1, -0.05) is 18.2 Å². The van der Waals surface area contributed by atoms with Gasteiger partial charge in [0.1, 0.15) is 5.54 Å². The van der Waals surface area contributed by atoms with E-state index in [1.807, 2.05) is 30.3 Å². The number of rotatable bonds is 2. The van der Waals surface area contributed by atoms with Crippen LogP contribution < -0.4 is 5.32 Å². The molecule has 0 saturated carbocycles. The van der Waals surface area contributed by atoms with Gasteiger partial charge in [-0.05, 0) is 24.2 Å². The van der Waals surface area contributed by atoms with E-state index in [9.17, 15) is 5.26 Å². The normalized spacial score (nSPS) is 25.5. The lowest BCUT2D eigenvalue weighted by Gasteiger charge is -2.31. The van der Waals surface area contributed by atoms with Crippen molar-refractivity contribution in [3.63, 3.8) is 0 Å². The van der Waals surface area contributed by atoms with Crippen LogP contribution >= 0.6 is 12.0 Å². The molecule has 3 nitrogen and oxygen atoms in total. The van der Waals surface area contributed by atoms with Crippen LogP contribution in [0.25, 0.3) is 0 Å². The molecule has 1 aromatic carbocycles. The number of hydrogen-bond acceptors (Lipinski definition) is 4. The minimum Gasteiger partial charge on any atom is -0.367 e. The fourth-order valence-electron chi connectivity index (χ4n) is 1.50. The van der Waals surface area contributed by atoms with Gasteiger partial charge in [-0.15, -0.1) is 0 Å². The highest BCUT2D eigenvalue weighted by Gasteiger charge is 2.33. The van der Waals surface area contributed by atoms with Crippen molar-refractivity contribution in [3.8, 4) is 6.07 Å². The average Bonchev–Trinajstić information content (AvgIpc) is 2.32. The van der Waals surface area contributed by atoms with E-state index in [-0.39, 0.29) is 0 Å². The van der Waals surface area contributed by atoms with Crippen molar-refractivity contribution in [2.75, 3.05) is 17.7 Å². The van der Waals surface area contributed by atoms with Crippen LogP contribution in [0, 0.1) is 11.3 Å². The quantitative estimate of drug-likeness (QED) is 0.777. The Balaban J connectivity index is 2.12. The molecule has 0 amide bonds. The van der Waals surface area contributed by atoms with Gasteiger partial charge >= 0.3 is 0 Å². The van der Waals surface area contributed by atoms with Crippen molar-refractivity contribution in [1.29, 1.82) is 5.26 Å². The Morgan fingerprint density at radius 2 is 2.20 bits per heavy atom. The van der Waals surface area contributed by atoms with Crippen molar-refractivity contribution in [1.82, 2.24) is 0 Å². The van der Waals surface area contributed by atoms with Gasteiger partial charge in [-0.25, -0.2) is 0 Å². The molecule has 0 aromatic heterocycles. The Morgan fingerprint density at radius 3 is 2.80 bits per heavy atom. The molecule has 0 spiro atoms. The van der Waals surface area contributed by atoms with Gasteiger partial charge in [-0.2, -0.15) is 5.26 Å². The Labute approximate surface area is 93.6 Å². The zero-order valence-electron chi connectivity index (χ0n) is 8.27. The number of nitrogens with one attached hydrogen (secondary N) is 1. The first-order valence-electron chi connectivity index (χ1n) is 4.84. The summed E-state index contributed by atoms with van der Waals surface area (Å²) in [7, 11) is 0. The SMILES string of the molecule is N#CC1(Nc2ccccc2)CCOSC1. The van der Waals surface area contributed by atoms with Gasteiger partial charge in [0.05, 0.1) is 18.4 Å². The second kappa shape index (κ2) is 4.56. The number of hydrogen-bond donors (Lipinski definition) is 1. The largest absolute Gasteiger partial charge is 0.367 e. The number of nitriles is 1. The summed E-state index contributed by atoms with van der Waals surface area (Å²) in [6, 6.07) is 12.2. The summed E-state index contributed by atoms with van der Waals surface area (Å²) in [5.74, 6) is 0.665. The van der Waals surface area contributed by atoms with Crippen LogP contribution in [0.5, 0.6) is 0 Å². The van der Waals surface area contributed by atoms with Crippen LogP contribution in [0.1, 0.15) is 6.42 Å². The molecule has 1 aromatic rings. The maximum atomic E-state index is 9.22. The van der Waals surface area contributed by atoms with Gasteiger partial charge in [0, 0.05) is 12.1 Å². The van der Waals surface area contributed by atoms with Gasteiger partial charge in [-0.3, -0.25) is 0 Å². The molecule has 78 valence electrons. The van der Waals surface area contributed by atoms with Crippen molar-refractivity contribution < 1.29 is 4.18 Å². The first-order chi connectivity index (χ1) is 7.35. The van der Waals surface area contributed by atoms with Crippen molar-refractivity contribution in [2.45, 2.75) is 12.0 Å². The topological polar surface area (TPSA) is 45.0 Å². The molecular formula is C11H12N2OS. The summed E-state index contributed by atoms with van der Waals surface area (Å²) in [4.78, 5) is 0. The molecule has 4 heteroatoms. The zero-order chi connectivity index (χ0) is 10.6. The molecule has 1 N–H and O–H groups in total. The van der Waals surface area contributed by atoms with E-state index in [0.29, 0.717) is 12.4 Å². The predicted octanol–water partition coefficient (Wildman–Crippen LogP) is 2.43. The second-order valence-electron chi connectivity index (χ2n) is 3.52. The Bertz CT molecular complexity index is 355. The van der Waals surface area contributed by atoms with Gasteiger partial charge in [0.25, 0.3) is 0 Å². The molecule has 1 aliphatic heterocycles. The second-order valence-corrected chi connectivity index (χ2v) is 4.28. The fourth-order valence-corrected chi connectivity index (χ4v) is 2.27. The Morgan fingerprint density at radius 1 is 1.40 bits per heavy atom. The van der Waals surface area contributed by atoms with Gasteiger partial charge < -0.3 is 9.50 Å². The summed E-state index contributed by atoms with van der Waals surface area (Å²) in [5.41, 5.74) is 0.506. The molecular weight excluding hydrogens is 208 g/mol. The van der Waals surface area contributed by atoms with Crippen LogP contribution in [-0.4, -0.2) is 17.9 Å². The minimum absolute atomic E-state index is 0.482.